The fourth-order valence-corrected chi connectivity index (χ4v) is 4.97. The van der Waals surface area contributed by atoms with Gasteiger partial charge in [-0.3, -0.25) is 9.78 Å². The van der Waals surface area contributed by atoms with Crippen molar-refractivity contribution in [3.05, 3.63) is 60.2 Å². The van der Waals surface area contributed by atoms with Crippen molar-refractivity contribution in [2.75, 3.05) is 39.3 Å². The minimum atomic E-state index is -3.51. The number of hydrogen-bond donors (Lipinski definition) is 0. The lowest BCUT2D eigenvalue weighted by molar-refractivity contribution is -0.127. The Balaban J connectivity index is 1.57. The van der Waals surface area contributed by atoms with Crippen LogP contribution in [0.2, 0.25) is 0 Å². The number of ether oxygens (including phenoxy) is 1. The average molecular weight is 463 g/mol. The van der Waals surface area contributed by atoms with Crippen molar-refractivity contribution in [3.8, 4) is 11.5 Å². The Labute approximate surface area is 188 Å². The maximum absolute atomic E-state index is 14.4. The van der Waals surface area contributed by atoms with Gasteiger partial charge in [0.2, 0.25) is 5.91 Å². The zero-order chi connectivity index (χ0) is 23.1. The summed E-state index contributed by atoms with van der Waals surface area (Å²) in [6.07, 6.45) is 5.97. The monoisotopic (exact) mass is 462 g/mol. The molecule has 0 saturated carbocycles. The second kappa shape index (κ2) is 10.7. The molecule has 1 saturated heterocycles. The van der Waals surface area contributed by atoms with Gasteiger partial charge in [-0.05, 0) is 35.9 Å². The fraction of sp³-hybridized carbons (Fsp3) is 0.364. The summed E-state index contributed by atoms with van der Waals surface area (Å²) in [5, 5.41) is 0. The number of hydrogen-bond acceptors (Lipinski definition) is 5. The van der Waals surface area contributed by atoms with Gasteiger partial charge < -0.3 is 9.64 Å². The first-order chi connectivity index (χ1) is 15.3. The predicted molar refractivity (Wildman–Crippen MR) is 120 cm³/mol. The number of rotatable bonds is 8. The van der Waals surface area contributed by atoms with Crippen LogP contribution in [0.4, 0.5) is 4.39 Å². The number of aromatic nitrogens is 1. The van der Waals surface area contributed by atoms with Crippen molar-refractivity contribution in [2.45, 2.75) is 13.8 Å². The smallest absolute Gasteiger partial charge is 0.282 e. The molecule has 2 heterocycles. The molecule has 0 bridgehead atoms. The molecule has 0 aliphatic carbocycles. The molecule has 1 aromatic heterocycles. The summed E-state index contributed by atoms with van der Waals surface area (Å²) in [5.41, 5.74) is 0.511. The lowest BCUT2D eigenvalue weighted by Crippen LogP contribution is -2.53. The quantitative estimate of drug-likeness (QED) is 0.564. The number of pyridine rings is 1. The highest BCUT2D eigenvalue weighted by atomic mass is 32.2. The third-order valence-electron chi connectivity index (χ3n) is 5.14. The second-order valence-electron chi connectivity index (χ2n) is 7.13. The summed E-state index contributed by atoms with van der Waals surface area (Å²) in [4.78, 5) is 18.0. The Bertz CT molecular complexity index is 1050. The Kier molecular flexibility index (Phi) is 7.94. The van der Waals surface area contributed by atoms with E-state index in [0.29, 0.717) is 37.5 Å². The van der Waals surface area contributed by atoms with Gasteiger partial charge in [0, 0.05) is 51.5 Å². The van der Waals surface area contributed by atoms with Gasteiger partial charge in [0.15, 0.2) is 11.6 Å². The van der Waals surface area contributed by atoms with Gasteiger partial charge in [-0.15, -0.1) is 0 Å². The molecule has 8 nitrogen and oxygen atoms in total. The van der Waals surface area contributed by atoms with E-state index < -0.39 is 16.0 Å². The van der Waals surface area contributed by atoms with Crippen molar-refractivity contribution in [1.82, 2.24) is 18.5 Å². The van der Waals surface area contributed by atoms with Gasteiger partial charge >= 0.3 is 0 Å². The highest BCUT2D eigenvalue weighted by Gasteiger charge is 2.31. The molecule has 0 atom stereocenters. The maximum Gasteiger partial charge on any atom is 0.282 e. The third-order valence-corrected chi connectivity index (χ3v) is 7.33. The number of amides is 1. The molecule has 0 unspecified atom stereocenters. The molecule has 3 rings (SSSR count). The van der Waals surface area contributed by atoms with Crippen LogP contribution in [0.3, 0.4) is 0 Å². The Morgan fingerprint density at radius 1 is 1.19 bits per heavy atom. The molecule has 0 N–H and O–H groups in total. The molecule has 172 valence electrons. The van der Waals surface area contributed by atoms with Crippen LogP contribution in [0.15, 0.2) is 48.8 Å². The number of halogens is 1. The first-order valence-electron chi connectivity index (χ1n) is 10.4. The van der Waals surface area contributed by atoms with Crippen molar-refractivity contribution in [1.29, 1.82) is 0 Å². The minimum Gasteiger partial charge on any atom is -0.453 e. The predicted octanol–water partition coefficient (Wildman–Crippen LogP) is 2.76. The van der Waals surface area contributed by atoms with E-state index in [1.807, 2.05) is 0 Å². The summed E-state index contributed by atoms with van der Waals surface area (Å²) < 4.78 is 47.8. The highest BCUT2D eigenvalue weighted by molar-refractivity contribution is 7.86. The van der Waals surface area contributed by atoms with Crippen LogP contribution >= 0.6 is 0 Å². The van der Waals surface area contributed by atoms with Gasteiger partial charge in [0.1, 0.15) is 5.75 Å². The molecule has 10 heteroatoms. The van der Waals surface area contributed by atoms with E-state index in [1.165, 1.54) is 39.1 Å². The number of nitrogens with zero attached hydrogens (tertiary/aromatic N) is 4. The first kappa shape index (κ1) is 23.8. The van der Waals surface area contributed by atoms with Crippen molar-refractivity contribution in [3.63, 3.8) is 0 Å². The molecule has 0 radical (unpaired) electrons. The number of carbonyl (C=O) groups excluding carboxylic acids is 1. The van der Waals surface area contributed by atoms with Crippen LogP contribution in [0.1, 0.15) is 19.4 Å². The molecule has 2 aromatic rings. The summed E-state index contributed by atoms with van der Waals surface area (Å²) in [7, 11) is -3.51. The number of carbonyl (C=O) groups is 1. The first-order valence-corrected chi connectivity index (χ1v) is 11.8. The summed E-state index contributed by atoms with van der Waals surface area (Å²) in [6, 6.07) is 7.78. The molecular weight excluding hydrogens is 435 g/mol. The Morgan fingerprint density at radius 3 is 2.50 bits per heavy atom. The average Bonchev–Trinajstić information content (AvgIpc) is 2.80. The SMILES string of the molecule is CCN(CC)S(=O)(=O)N1CCN(C(=O)/C=C/c2ccc(Oc3cccnc3)c(F)c2)CC1. The van der Waals surface area contributed by atoms with Gasteiger partial charge in [-0.2, -0.15) is 17.0 Å². The fourth-order valence-electron chi connectivity index (χ4n) is 3.36. The molecule has 0 spiro atoms. The Hall–Kier alpha value is -2.82. The normalized spacial score (nSPS) is 15.4. The number of piperazine rings is 1. The Morgan fingerprint density at radius 2 is 1.91 bits per heavy atom. The molecule has 32 heavy (non-hydrogen) atoms. The van der Waals surface area contributed by atoms with Crippen LogP contribution in [-0.2, 0) is 15.0 Å². The third kappa shape index (κ3) is 5.70. The van der Waals surface area contributed by atoms with E-state index in [-0.39, 0.29) is 24.7 Å². The molecule has 1 fully saturated rings. The molecular formula is C22H27FN4O4S. The summed E-state index contributed by atoms with van der Waals surface area (Å²) >= 11 is 0. The van der Waals surface area contributed by atoms with Crippen LogP contribution in [0.25, 0.3) is 6.08 Å². The van der Waals surface area contributed by atoms with E-state index in [1.54, 1.807) is 43.1 Å². The van der Waals surface area contributed by atoms with Crippen LogP contribution in [0, 0.1) is 5.82 Å². The van der Waals surface area contributed by atoms with E-state index >= 15 is 0 Å². The lowest BCUT2D eigenvalue weighted by atomic mass is 10.2. The summed E-state index contributed by atoms with van der Waals surface area (Å²) in [6.45, 7) is 5.50. The van der Waals surface area contributed by atoms with Gasteiger partial charge in [0.05, 0.1) is 6.20 Å². The van der Waals surface area contributed by atoms with E-state index in [2.05, 4.69) is 4.98 Å². The van der Waals surface area contributed by atoms with Crippen molar-refractivity contribution < 1.29 is 22.3 Å². The summed E-state index contributed by atoms with van der Waals surface area (Å²) in [5.74, 6) is -0.321. The zero-order valence-corrected chi connectivity index (χ0v) is 19.0. The lowest BCUT2D eigenvalue weighted by Gasteiger charge is -2.35. The standard InChI is InChI=1S/C22H27FN4O4S/c1-3-26(4-2)32(29,30)27-14-12-25(13-15-27)22(28)10-8-18-7-9-21(20(23)16-18)31-19-6-5-11-24-17-19/h5-11,16-17H,3-4,12-15H2,1-2H3/b10-8+. The number of benzene rings is 1. The van der Waals surface area contributed by atoms with Gasteiger partial charge in [-0.25, -0.2) is 4.39 Å². The van der Waals surface area contributed by atoms with Crippen molar-refractivity contribution in [2.24, 2.45) is 0 Å². The zero-order valence-electron chi connectivity index (χ0n) is 18.1. The maximum atomic E-state index is 14.4. The van der Waals surface area contributed by atoms with Gasteiger partial charge in [0.25, 0.3) is 10.2 Å². The van der Waals surface area contributed by atoms with Crippen molar-refractivity contribution >= 4 is 22.2 Å². The van der Waals surface area contributed by atoms with Crippen LogP contribution < -0.4 is 4.74 Å². The topological polar surface area (TPSA) is 83.1 Å². The largest absolute Gasteiger partial charge is 0.453 e. The minimum absolute atomic E-state index is 0.0620. The van der Waals surface area contributed by atoms with Crippen LogP contribution in [-0.4, -0.2) is 72.1 Å². The second-order valence-corrected chi connectivity index (χ2v) is 9.06. The van der Waals surface area contributed by atoms with Crippen LogP contribution in [0.5, 0.6) is 11.5 Å². The molecule has 1 aliphatic rings. The van der Waals surface area contributed by atoms with E-state index in [9.17, 15) is 17.6 Å². The highest BCUT2D eigenvalue weighted by Crippen LogP contribution is 2.25. The molecule has 1 aromatic carbocycles. The molecule has 1 aliphatic heterocycles. The van der Waals surface area contributed by atoms with Gasteiger partial charge in [-0.1, -0.05) is 19.9 Å². The van der Waals surface area contributed by atoms with E-state index in [0.717, 1.165) is 0 Å². The molecule has 1 amide bonds. The van der Waals surface area contributed by atoms with E-state index in [4.69, 9.17) is 4.74 Å².